The second-order valence-electron chi connectivity index (χ2n) is 3.96. The zero-order chi connectivity index (χ0) is 14.4. The van der Waals surface area contributed by atoms with Gasteiger partial charge in [0.1, 0.15) is 5.82 Å². The molecular formula is C15H13N3O2. The van der Waals surface area contributed by atoms with Crippen molar-refractivity contribution in [2.75, 3.05) is 17.7 Å². The fourth-order valence-corrected chi connectivity index (χ4v) is 1.54. The molecule has 2 rings (SSSR count). The first-order valence-corrected chi connectivity index (χ1v) is 5.88. The molecule has 20 heavy (non-hydrogen) atoms. The number of aromatic nitrogens is 1. The van der Waals surface area contributed by atoms with Gasteiger partial charge in [-0.2, -0.15) is 0 Å². The van der Waals surface area contributed by atoms with Gasteiger partial charge in [0.25, 0.3) is 0 Å². The average Bonchev–Trinajstić information content (AvgIpc) is 2.47. The van der Waals surface area contributed by atoms with E-state index in [0.29, 0.717) is 17.1 Å². The molecule has 0 radical (unpaired) electrons. The summed E-state index contributed by atoms with van der Waals surface area (Å²) in [5, 5.41) is 3.07. The number of nitrogens with zero attached hydrogens (tertiary/aromatic N) is 1. The van der Waals surface area contributed by atoms with E-state index in [1.807, 2.05) is 6.07 Å². The van der Waals surface area contributed by atoms with E-state index in [-0.39, 0.29) is 6.61 Å². The van der Waals surface area contributed by atoms with Crippen molar-refractivity contribution in [3.05, 3.63) is 48.2 Å². The number of benzene rings is 1. The van der Waals surface area contributed by atoms with Gasteiger partial charge in [0.05, 0.1) is 17.4 Å². The molecule has 100 valence electrons. The van der Waals surface area contributed by atoms with Crippen molar-refractivity contribution in [3.8, 4) is 12.3 Å². The van der Waals surface area contributed by atoms with Gasteiger partial charge in [-0.15, -0.1) is 6.42 Å². The van der Waals surface area contributed by atoms with Crippen LogP contribution in [-0.4, -0.2) is 17.6 Å². The molecule has 0 aliphatic heterocycles. The van der Waals surface area contributed by atoms with Gasteiger partial charge >= 0.3 is 5.97 Å². The normalized spacial score (nSPS) is 9.55. The summed E-state index contributed by atoms with van der Waals surface area (Å²) in [6.07, 6.45) is 6.59. The van der Waals surface area contributed by atoms with Crippen LogP contribution in [0.5, 0.6) is 0 Å². The van der Waals surface area contributed by atoms with Crippen molar-refractivity contribution in [2.45, 2.75) is 0 Å². The molecule has 0 fully saturated rings. The highest BCUT2D eigenvalue weighted by Gasteiger charge is 2.07. The molecule has 0 aliphatic carbocycles. The maximum absolute atomic E-state index is 11.7. The third kappa shape index (κ3) is 3.50. The highest BCUT2D eigenvalue weighted by atomic mass is 16.5. The summed E-state index contributed by atoms with van der Waals surface area (Å²) in [6, 6.07) is 10.4. The van der Waals surface area contributed by atoms with E-state index in [4.69, 9.17) is 16.9 Å². The van der Waals surface area contributed by atoms with E-state index in [1.165, 1.54) is 0 Å². The van der Waals surface area contributed by atoms with Gasteiger partial charge in [0, 0.05) is 5.69 Å². The predicted molar refractivity (Wildman–Crippen MR) is 77.5 cm³/mol. The zero-order valence-corrected chi connectivity index (χ0v) is 10.7. The number of anilines is 3. The quantitative estimate of drug-likeness (QED) is 0.656. The number of nitrogens with two attached hydrogens (primary N) is 1. The summed E-state index contributed by atoms with van der Waals surface area (Å²) in [5.41, 5.74) is 7.29. The number of esters is 1. The molecular weight excluding hydrogens is 254 g/mol. The Balaban J connectivity index is 2.11. The Morgan fingerprint density at radius 2 is 2.25 bits per heavy atom. The van der Waals surface area contributed by atoms with E-state index < -0.39 is 5.97 Å². The smallest absolute Gasteiger partial charge is 0.339 e. The van der Waals surface area contributed by atoms with Crippen LogP contribution >= 0.6 is 0 Å². The summed E-state index contributed by atoms with van der Waals surface area (Å²) in [4.78, 5) is 15.8. The number of pyridine rings is 1. The standard InChI is InChI=1S/C15H13N3O2/c1-2-8-20-15(19)11-4-3-5-13(9-11)18-14-7-6-12(16)10-17-14/h1,3-7,9-10H,8,16H2,(H,17,18). The molecule has 0 unspecified atom stereocenters. The van der Waals surface area contributed by atoms with Crippen LogP contribution < -0.4 is 11.1 Å². The Hall–Kier alpha value is -3.00. The summed E-state index contributed by atoms with van der Waals surface area (Å²) >= 11 is 0. The van der Waals surface area contributed by atoms with Crippen LogP contribution in [0.25, 0.3) is 0 Å². The van der Waals surface area contributed by atoms with E-state index >= 15 is 0 Å². The topological polar surface area (TPSA) is 77.2 Å². The molecule has 0 bridgehead atoms. The lowest BCUT2D eigenvalue weighted by molar-refractivity contribution is 0.0557. The third-order valence-electron chi connectivity index (χ3n) is 2.44. The lowest BCUT2D eigenvalue weighted by Gasteiger charge is -2.07. The van der Waals surface area contributed by atoms with E-state index in [0.717, 1.165) is 5.69 Å². The molecule has 5 heteroatoms. The van der Waals surface area contributed by atoms with Crippen LogP contribution in [0.15, 0.2) is 42.6 Å². The molecule has 1 heterocycles. The fraction of sp³-hybridized carbons (Fsp3) is 0.0667. The highest BCUT2D eigenvalue weighted by Crippen LogP contribution is 2.17. The lowest BCUT2D eigenvalue weighted by Crippen LogP contribution is -2.05. The first kappa shape index (κ1) is 13.4. The number of carbonyl (C=O) groups is 1. The van der Waals surface area contributed by atoms with Crippen LogP contribution in [0.1, 0.15) is 10.4 Å². The Labute approximate surface area is 116 Å². The van der Waals surface area contributed by atoms with Crippen molar-refractivity contribution >= 4 is 23.2 Å². The monoisotopic (exact) mass is 267 g/mol. The van der Waals surface area contributed by atoms with Gasteiger partial charge in [0.2, 0.25) is 0 Å². The van der Waals surface area contributed by atoms with Gasteiger partial charge in [-0.25, -0.2) is 9.78 Å². The minimum absolute atomic E-state index is 0.0456. The Morgan fingerprint density at radius 1 is 1.40 bits per heavy atom. The summed E-state index contributed by atoms with van der Waals surface area (Å²) < 4.78 is 4.86. The molecule has 1 aromatic heterocycles. The number of nitrogens with one attached hydrogen (secondary N) is 1. The molecule has 2 aromatic rings. The lowest BCUT2D eigenvalue weighted by atomic mass is 10.2. The van der Waals surface area contributed by atoms with Gasteiger partial charge in [-0.1, -0.05) is 12.0 Å². The maximum Gasteiger partial charge on any atom is 0.339 e. The number of nitrogen functional groups attached to an aromatic ring is 1. The second-order valence-corrected chi connectivity index (χ2v) is 3.96. The molecule has 3 N–H and O–H groups in total. The number of terminal acetylenes is 1. The molecule has 1 aromatic carbocycles. The van der Waals surface area contributed by atoms with E-state index in [1.54, 1.807) is 36.5 Å². The Bertz CT molecular complexity index is 645. The number of ether oxygens (including phenoxy) is 1. The number of carbonyl (C=O) groups excluding carboxylic acids is 1. The van der Waals surface area contributed by atoms with E-state index in [2.05, 4.69) is 16.2 Å². The molecule has 0 atom stereocenters. The van der Waals surface area contributed by atoms with Crippen LogP contribution in [0.2, 0.25) is 0 Å². The van der Waals surface area contributed by atoms with Gasteiger partial charge in [0.15, 0.2) is 6.61 Å². The molecule has 0 saturated carbocycles. The van der Waals surface area contributed by atoms with Gasteiger partial charge < -0.3 is 15.8 Å². The van der Waals surface area contributed by atoms with Crippen LogP contribution in [0, 0.1) is 12.3 Å². The Morgan fingerprint density at radius 3 is 2.95 bits per heavy atom. The van der Waals surface area contributed by atoms with Crippen molar-refractivity contribution in [1.29, 1.82) is 0 Å². The largest absolute Gasteiger partial charge is 0.449 e. The first-order valence-electron chi connectivity index (χ1n) is 5.88. The van der Waals surface area contributed by atoms with Crippen LogP contribution in [0.3, 0.4) is 0 Å². The van der Waals surface area contributed by atoms with Gasteiger partial charge in [-0.05, 0) is 30.3 Å². The van der Waals surface area contributed by atoms with Crippen molar-refractivity contribution < 1.29 is 9.53 Å². The molecule has 0 amide bonds. The average molecular weight is 267 g/mol. The Kier molecular flexibility index (Phi) is 4.20. The van der Waals surface area contributed by atoms with Crippen molar-refractivity contribution in [3.63, 3.8) is 0 Å². The summed E-state index contributed by atoms with van der Waals surface area (Å²) in [7, 11) is 0. The number of hydrogen-bond donors (Lipinski definition) is 2. The highest BCUT2D eigenvalue weighted by molar-refractivity contribution is 5.90. The van der Waals surface area contributed by atoms with Crippen molar-refractivity contribution in [2.24, 2.45) is 0 Å². The number of rotatable bonds is 4. The third-order valence-corrected chi connectivity index (χ3v) is 2.44. The first-order chi connectivity index (χ1) is 9.69. The van der Waals surface area contributed by atoms with Gasteiger partial charge in [-0.3, -0.25) is 0 Å². The number of hydrogen-bond acceptors (Lipinski definition) is 5. The predicted octanol–water partition coefficient (Wildman–Crippen LogP) is 2.20. The minimum atomic E-state index is -0.461. The van der Waals surface area contributed by atoms with Crippen LogP contribution in [0.4, 0.5) is 17.2 Å². The molecule has 0 saturated heterocycles. The maximum atomic E-state index is 11.7. The molecule has 0 spiro atoms. The van der Waals surface area contributed by atoms with Crippen LogP contribution in [-0.2, 0) is 4.74 Å². The zero-order valence-electron chi connectivity index (χ0n) is 10.7. The minimum Gasteiger partial charge on any atom is -0.449 e. The van der Waals surface area contributed by atoms with Crippen molar-refractivity contribution in [1.82, 2.24) is 4.98 Å². The molecule has 5 nitrogen and oxygen atoms in total. The van der Waals surface area contributed by atoms with E-state index in [9.17, 15) is 4.79 Å². The molecule has 0 aliphatic rings. The fourth-order valence-electron chi connectivity index (χ4n) is 1.54. The second kappa shape index (κ2) is 6.25. The SMILES string of the molecule is C#CCOC(=O)c1cccc(Nc2ccc(N)cn2)c1. The summed E-state index contributed by atoms with van der Waals surface area (Å²) in [5.74, 6) is 2.42. The summed E-state index contributed by atoms with van der Waals surface area (Å²) in [6.45, 7) is -0.0456.